The second-order valence-corrected chi connectivity index (χ2v) is 5.58. The molecular formula is C20H19NO6. The lowest BCUT2D eigenvalue weighted by molar-refractivity contribution is -0.129. The first-order valence-corrected chi connectivity index (χ1v) is 8.05. The Balaban J connectivity index is 1.98. The molecule has 0 atom stereocenters. The molecule has 140 valence electrons. The smallest absolute Gasteiger partial charge is 0.363 e. The van der Waals surface area contributed by atoms with Crippen LogP contribution in [0.5, 0.6) is 23.0 Å². The Labute approximate surface area is 156 Å². The summed E-state index contributed by atoms with van der Waals surface area (Å²) in [7, 11) is 6.20. The predicted octanol–water partition coefficient (Wildman–Crippen LogP) is 3.07. The maximum Gasteiger partial charge on any atom is 0.363 e. The van der Waals surface area contributed by atoms with E-state index < -0.39 is 5.97 Å². The van der Waals surface area contributed by atoms with E-state index in [1.165, 1.54) is 0 Å². The van der Waals surface area contributed by atoms with Crippen LogP contribution in [-0.4, -0.2) is 40.3 Å². The summed E-state index contributed by atoms with van der Waals surface area (Å²) >= 11 is 0. The first-order chi connectivity index (χ1) is 13.1. The largest absolute Gasteiger partial charge is 0.497 e. The number of esters is 1. The minimum absolute atomic E-state index is 0.169. The van der Waals surface area contributed by atoms with Crippen molar-refractivity contribution in [3.8, 4) is 23.0 Å². The number of nitrogens with zero attached hydrogens (tertiary/aromatic N) is 1. The molecule has 1 aliphatic heterocycles. The fourth-order valence-corrected chi connectivity index (χ4v) is 2.53. The van der Waals surface area contributed by atoms with Gasteiger partial charge in [0.05, 0.1) is 28.4 Å². The van der Waals surface area contributed by atoms with Crippen molar-refractivity contribution < 1.29 is 28.5 Å². The summed E-state index contributed by atoms with van der Waals surface area (Å²) < 4.78 is 26.3. The van der Waals surface area contributed by atoms with Crippen LogP contribution in [0, 0.1) is 0 Å². The van der Waals surface area contributed by atoms with Crippen molar-refractivity contribution in [2.45, 2.75) is 0 Å². The van der Waals surface area contributed by atoms with Crippen LogP contribution in [0.2, 0.25) is 0 Å². The van der Waals surface area contributed by atoms with Crippen molar-refractivity contribution in [3.63, 3.8) is 0 Å². The SMILES string of the molecule is COc1cc(/C=C2\N=C(c3cc(OC)cc(OC)c3)OC2=O)cc(OC)c1. The lowest BCUT2D eigenvalue weighted by Gasteiger charge is -2.07. The van der Waals surface area contributed by atoms with Crippen LogP contribution in [0.15, 0.2) is 47.1 Å². The molecule has 0 spiro atoms. The molecule has 0 amide bonds. The fraction of sp³-hybridized carbons (Fsp3) is 0.200. The average molecular weight is 369 g/mol. The quantitative estimate of drug-likeness (QED) is 0.575. The first-order valence-electron chi connectivity index (χ1n) is 8.05. The van der Waals surface area contributed by atoms with E-state index in [1.54, 1.807) is 70.9 Å². The highest BCUT2D eigenvalue weighted by molar-refractivity contribution is 6.13. The van der Waals surface area contributed by atoms with Crippen LogP contribution in [0.25, 0.3) is 6.08 Å². The van der Waals surface area contributed by atoms with E-state index in [9.17, 15) is 4.79 Å². The summed E-state index contributed by atoms with van der Waals surface area (Å²) in [5, 5.41) is 0. The Hall–Kier alpha value is -3.48. The summed E-state index contributed by atoms with van der Waals surface area (Å²) in [5.41, 5.74) is 1.44. The minimum atomic E-state index is -0.548. The number of benzene rings is 2. The lowest BCUT2D eigenvalue weighted by atomic mass is 10.1. The van der Waals surface area contributed by atoms with Crippen LogP contribution in [0.1, 0.15) is 11.1 Å². The highest BCUT2D eigenvalue weighted by Gasteiger charge is 2.25. The number of cyclic esters (lactones) is 1. The number of methoxy groups -OCH3 is 4. The number of ether oxygens (including phenoxy) is 5. The zero-order chi connectivity index (χ0) is 19.4. The first kappa shape index (κ1) is 18.3. The molecule has 2 aromatic rings. The second-order valence-electron chi connectivity index (χ2n) is 5.58. The predicted molar refractivity (Wildman–Crippen MR) is 99.7 cm³/mol. The number of aliphatic imine (C=N–C) groups is 1. The Kier molecular flexibility index (Phi) is 5.30. The zero-order valence-electron chi connectivity index (χ0n) is 15.4. The number of rotatable bonds is 6. The van der Waals surface area contributed by atoms with Gasteiger partial charge in [0, 0.05) is 17.7 Å². The molecule has 0 unspecified atom stereocenters. The second kappa shape index (κ2) is 7.82. The van der Waals surface area contributed by atoms with Crippen LogP contribution in [0.3, 0.4) is 0 Å². The van der Waals surface area contributed by atoms with Crippen molar-refractivity contribution in [2.24, 2.45) is 4.99 Å². The van der Waals surface area contributed by atoms with E-state index >= 15 is 0 Å². The van der Waals surface area contributed by atoms with E-state index in [0.29, 0.717) is 34.1 Å². The Morgan fingerprint density at radius 3 is 1.74 bits per heavy atom. The molecule has 0 bridgehead atoms. The fourth-order valence-electron chi connectivity index (χ4n) is 2.53. The molecule has 0 aromatic heterocycles. The Morgan fingerprint density at radius 1 is 0.778 bits per heavy atom. The molecule has 3 rings (SSSR count). The van der Waals surface area contributed by atoms with Crippen LogP contribution in [0.4, 0.5) is 0 Å². The normalized spacial score (nSPS) is 14.6. The van der Waals surface area contributed by atoms with Gasteiger partial charge in [0.1, 0.15) is 23.0 Å². The summed E-state index contributed by atoms with van der Waals surface area (Å²) in [6.07, 6.45) is 1.61. The third-order valence-corrected chi connectivity index (χ3v) is 3.90. The molecule has 0 radical (unpaired) electrons. The molecule has 0 N–H and O–H groups in total. The Morgan fingerprint density at radius 2 is 1.26 bits per heavy atom. The van der Waals surface area contributed by atoms with Gasteiger partial charge in [-0.1, -0.05) is 0 Å². The third-order valence-electron chi connectivity index (χ3n) is 3.90. The van der Waals surface area contributed by atoms with Gasteiger partial charge >= 0.3 is 5.97 Å². The van der Waals surface area contributed by atoms with Crippen LogP contribution in [-0.2, 0) is 9.53 Å². The van der Waals surface area contributed by atoms with E-state index in [4.69, 9.17) is 23.7 Å². The van der Waals surface area contributed by atoms with E-state index in [-0.39, 0.29) is 11.6 Å². The van der Waals surface area contributed by atoms with Gasteiger partial charge in [-0.05, 0) is 35.9 Å². The Bertz CT molecular complexity index is 888. The molecule has 27 heavy (non-hydrogen) atoms. The lowest BCUT2D eigenvalue weighted by Crippen LogP contribution is -2.06. The molecule has 0 saturated carbocycles. The van der Waals surface area contributed by atoms with Gasteiger partial charge in [-0.25, -0.2) is 9.79 Å². The summed E-state index contributed by atoms with van der Waals surface area (Å²) in [4.78, 5) is 16.6. The maximum atomic E-state index is 12.3. The molecule has 7 nitrogen and oxygen atoms in total. The van der Waals surface area contributed by atoms with E-state index in [2.05, 4.69) is 4.99 Å². The van der Waals surface area contributed by atoms with Gasteiger partial charge in [-0.2, -0.15) is 0 Å². The zero-order valence-corrected chi connectivity index (χ0v) is 15.4. The van der Waals surface area contributed by atoms with Gasteiger partial charge in [0.15, 0.2) is 5.70 Å². The summed E-state index contributed by atoms with van der Waals surface area (Å²) in [5.74, 6) is 1.98. The van der Waals surface area contributed by atoms with Crippen molar-refractivity contribution in [1.82, 2.24) is 0 Å². The van der Waals surface area contributed by atoms with Crippen molar-refractivity contribution in [2.75, 3.05) is 28.4 Å². The van der Waals surface area contributed by atoms with Gasteiger partial charge in [0.25, 0.3) is 0 Å². The number of carbonyl (C=O) groups excluding carboxylic acids is 1. The van der Waals surface area contributed by atoms with Crippen LogP contribution < -0.4 is 18.9 Å². The highest BCUT2D eigenvalue weighted by Crippen LogP contribution is 2.28. The average Bonchev–Trinajstić information content (AvgIpc) is 3.07. The molecule has 0 aliphatic carbocycles. The van der Waals surface area contributed by atoms with Crippen LogP contribution >= 0.6 is 0 Å². The molecule has 0 fully saturated rings. The molecule has 1 heterocycles. The maximum absolute atomic E-state index is 12.3. The molecule has 7 heteroatoms. The van der Waals surface area contributed by atoms with E-state index in [1.807, 2.05) is 0 Å². The number of hydrogen-bond acceptors (Lipinski definition) is 7. The molecule has 1 aliphatic rings. The molecule has 0 saturated heterocycles. The number of carbonyl (C=O) groups is 1. The minimum Gasteiger partial charge on any atom is -0.497 e. The monoisotopic (exact) mass is 369 g/mol. The number of hydrogen-bond donors (Lipinski definition) is 0. The van der Waals surface area contributed by atoms with Gasteiger partial charge < -0.3 is 23.7 Å². The summed E-state index contributed by atoms with van der Waals surface area (Å²) in [6, 6.07) is 10.4. The van der Waals surface area contributed by atoms with Gasteiger partial charge in [-0.15, -0.1) is 0 Å². The van der Waals surface area contributed by atoms with E-state index in [0.717, 1.165) is 0 Å². The van der Waals surface area contributed by atoms with Gasteiger partial charge in [-0.3, -0.25) is 0 Å². The highest BCUT2D eigenvalue weighted by atomic mass is 16.6. The molecule has 2 aromatic carbocycles. The standard InChI is InChI=1S/C20H19NO6/c1-23-14-5-12(6-15(10-14)24-2)7-18-20(22)27-19(21-18)13-8-16(25-3)11-17(9-13)26-4/h5-11H,1-4H3/b18-7-. The van der Waals surface area contributed by atoms with Crippen molar-refractivity contribution in [1.29, 1.82) is 0 Å². The topological polar surface area (TPSA) is 75.6 Å². The molecular weight excluding hydrogens is 350 g/mol. The summed E-state index contributed by atoms with van der Waals surface area (Å²) in [6.45, 7) is 0. The third kappa shape index (κ3) is 4.03. The van der Waals surface area contributed by atoms with Gasteiger partial charge in [0.2, 0.25) is 5.90 Å². The van der Waals surface area contributed by atoms with Crippen molar-refractivity contribution in [3.05, 3.63) is 53.2 Å². The van der Waals surface area contributed by atoms with Crippen molar-refractivity contribution >= 4 is 17.9 Å².